The van der Waals surface area contributed by atoms with Crippen LogP contribution in [0.2, 0.25) is 0 Å². The molecule has 0 N–H and O–H groups in total. The largest absolute Gasteiger partial charge is 0.323 e. The highest BCUT2D eigenvalue weighted by Crippen LogP contribution is 2.08. The average Bonchev–Trinajstić information content (AvgIpc) is 1.90. The molecule has 0 spiro atoms. The minimum absolute atomic E-state index is 1.02. The van der Waals surface area contributed by atoms with Crippen LogP contribution in [-0.2, 0) is 0 Å². The monoisotopic (exact) mass is 125 g/mol. The minimum Gasteiger partial charge on any atom is -0.323 e. The lowest BCUT2D eigenvalue weighted by atomic mass is 10.2. The van der Waals surface area contributed by atoms with Gasteiger partial charge in [-0.1, -0.05) is 6.08 Å². The standard InChI is InChI=1S/C8H15N/c1-3-9(2)7-5-4-6-8-9/h4-5H,1,3,6-8H2,2H3/q+1. The highest BCUT2D eigenvalue weighted by Gasteiger charge is 2.18. The quantitative estimate of drug-likeness (QED) is 0.365. The van der Waals surface area contributed by atoms with Crippen LogP contribution >= 0.6 is 0 Å². The zero-order chi connectivity index (χ0) is 6.74. The number of likely N-dealkylation sites (N-methyl/N-ethyl adjacent to an activating group) is 1. The van der Waals surface area contributed by atoms with Gasteiger partial charge in [-0.15, -0.1) is 0 Å². The van der Waals surface area contributed by atoms with Crippen LogP contribution in [0.15, 0.2) is 12.2 Å². The molecule has 0 aromatic heterocycles. The Morgan fingerprint density at radius 2 is 2.33 bits per heavy atom. The molecule has 0 aromatic rings. The molecule has 1 radical (unpaired) electrons. The van der Waals surface area contributed by atoms with E-state index in [0.717, 1.165) is 11.0 Å². The summed E-state index contributed by atoms with van der Waals surface area (Å²) in [6.07, 6.45) is 5.75. The Kier molecular flexibility index (Phi) is 1.91. The van der Waals surface area contributed by atoms with E-state index < -0.39 is 0 Å². The van der Waals surface area contributed by atoms with E-state index in [0.29, 0.717) is 0 Å². The van der Waals surface area contributed by atoms with Gasteiger partial charge in [0.2, 0.25) is 0 Å². The molecule has 0 bridgehead atoms. The predicted octanol–water partition coefficient (Wildman–Crippen LogP) is 1.23. The van der Waals surface area contributed by atoms with Gasteiger partial charge in [-0.25, -0.2) is 0 Å². The molecule has 1 rings (SSSR count). The molecule has 1 aliphatic rings. The third kappa shape index (κ3) is 1.55. The molecule has 1 nitrogen and oxygen atoms in total. The summed E-state index contributed by atoms with van der Waals surface area (Å²) in [5.74, 6) is 0. The first-order chi connectivity index (χ1) is 4.27. The zero-order valence-corrected chi connectivity index (χ0v) is 6.14. The summed E-state index contributed by atoms with van der Waals surface area (Å²) in [5.41, 5.74) is 0. The molecule has 0 saturated carbocycles. The molecule has 1 unspecified atom stereocenters. The van der Waals surface area contributed by atoms with Crippen LogP contribution in [0.1, 0.15) is 6.42 Å². The summed E-state index contributed by atoms with van der Waals surface area (Å²) in [6.45, 7) is 7.37. The Labute approximate surface area is 57.6 Å². The van der Waals surface area contributed by atoms with Crippen LogP contribution in [0.4, 0.5) is 0 Å². The fourth-order valence-electron chi connectivity index (χ4n) is 1.13. The lowest BCUT2D eigenvalue weighted by Crippen LogP contribution is -2.45. The molecule has 0 saturated heterocycles. The fraction of sp³-hybridized carbons (Fsp3) is 0.625. The third-order valence-corrected chi connectivity index (χ3v) is 2.09. The lowest BCUT2D eigenvalue weighted by Gasteiger charge is -2.33. The molecule has 9 heavy (non-hydrogen) atoms. The van der Waals surface area contributed by atoms with Crippen LogP contribution in [-0.4, -0.2) is 31.2 Å². The van der Waals surface area contributed by atoms with Crippen LogP contribution in [0.5, 0.6) is 0 Å². The number of rotatable bonds is 1. The second-order valence-electron chi connectivity index (χ2n) is 3.01. The maximum atomic E-state index is 3.92. The lowest BCUT2D eigenvalue weighted by molar-refractivity contribution is -0.900. The van der Waals surface area contributed by atoms with E-state index in [1.54, 1.807) is 0 Å². The number of nitrogens with zero attached hydrogens (tertiary/aromatic N) is 1. The summed E-state index contributed by atoms with van der Waals surface area (Å²) >= 11 is 0. The molecule has 0 aliphatic carbocycles. The van der Waals surface area contributed by atoms with E-state index in [2.05, 4.69) is 26.1 Å². The van der Waals surface area contributed by atoms with Crippen molar-refractivity contribution in [3.8, 4) is 0 Å². The van der Waals surface area contributed by atoms with Gasteiger partial charge in [0.25, 0.3) is 0 Å². The molecule has 1 atom stereocenters. The fourth-order valence-corrected chi connectivity index (χ4v) is 1.13. The first-order valence-corrected chi connectivity index (χ1v) is 3.55. The Hall–Kier alpha value is -0.300. The van der Waals surface area contributed by atoms with E-state index in [1.807, 2.05) is 0 Å². The van der Waals surface area contributed by atoms with Crippen molar-refractivity contribution in [3.63, 3.8) is 0 Å². The van der Waals surface area contributed by atoms with E-state index >= 15 is 0 Å². The van der Waals surface area contributed by atoms with Crippen molar-refractivity contribution in [2.75, 3.05) is 26.7 Å². The van der Waals surface area contributed by atoms with Crippen molar-refractivity contribution >= 4 is 0 Å². The van der Waals surface area contributed by atoms with Crippen molar-refractivity contribution < 1.29 is 4.48 Å². The van der Waals surface area contributed by atoms with Crippen molar-refractivity contribution in [1.29, 1.82) is 0 Å². The molecule has 1 aliphatic heterocycles. The van der Waals surface area contributed by atoms with Crippen molar-refractivity contribution in [2.45, 2.75) is 6.42 Å². The Morgan fingerprint density at radius 3 is 2.67 bits per heavy atom. The van der Waals surface area contributed by atoms with Crippen LogP contribution in [0.3, 0.4) is 0 Å². The Morgan fingerprint density at radius 1 is 1.56 bits per heavy atom. The van der Waals surface area contributed by atoms with Crippen LogP contribution in [0, 0.1) is 6.92 Å². The summed E-state index contributed by atoms with van der Waals surface area (Å²) in [7, 11) is 2.26. The highest BCUT2D eigenvalue weighted by atomic mass is 15.3. The number of quaternary nitrogens is 1. The van der Waals surface area contributed by atoms with Crippen LogP contribution < -0.4 is 0 Å². The Bertz CT molecular complexity index is 118. The smallest absolute Gasteiger partial charge is 0.0971 e. The first kappa shape index (κ1) is 6.81. The van der Waals surface area contributed by atoms with E-state index in [4.69, 9.17) is 0 Å². The molecule has 1 heteroatoms. The summed E-state index contributed by atoms with van der Waals surface area (Å²) in [5, 5.41) is 0. The third-order valence-electron chi connectivity index (χ3n) is 2.09. The molecule has 0 amide bonds. The van der Waals surface area contributed by atoms with E-state index in [-0.39, 0.29) is 0 Å². The molecular formula is C8H15N+. The SMILES string of the molecule is [CH2]C[N+]1(C)CC=CCC1. The van der Waals surface area contributed by atoms with Gasteiger partial charge < -0.3 is 4.48 Å². The molecule has 0 fully saturated rings. The second kappa shape index (κ2) is 2.53. The normalized spacial score (nSPS) is 34.9. The number of hydrogen-bond acceptors (Lipinski definition) is 0. The minimum atomic E-state index is 1.02. The van der Waals surface area contributed by atoms with Gasteiger partial charge >= 0.3 is 0 Å². The summed E-state index contributed by atoms with van der Waals surface area (Å²) in [4.78, 5) is 0. The van der Waals surface area contributed by atoms with Gasteiger partial charge in [0.15, 0.2) is 0 Å². The zero-order valence-electron chi connectivity index (χ0n) is 6.14. The summed E-state index contributed by atoms with van der Waals surface area (Å²) < 4.78 is 1.12. The van der Waals surface area contributed by atoms with E-state index in [9.17, 15) is 0 Å². The molecule has 1 heterocycles. The number of hydrogen-bond donors (Lipinski definition) is 0. The van der Waals surface area contributed by atoms with Crippen molar-refractivity contribution in [1.82, 2.24) is 0 Å². The topological polar surface area (TPSA) is 0 Å². The maximum Gasteiger partial charge on any atom is 0.0971 e. The average molecular weight is 125 g/mol. The maximum absolute atomic E-state index is 3.92. The first-order valence-electron chi connectivity index (χ1n) is 3.55. The molecular weight excluding hydrogens is 110 g/mol. The van der Waals surface area contributed by atoms with E-state index in [1.165, 1.54) is 19.5 Å². The van der Waals surface area contributed by atoms with Gasteiger partial charge in [0, 0.05) is 13.3 Å². The van der Waals surface area contributed by atoms with Crippen molar-refractivity contribution in [3.05, 3.63) is 19.1 Å². The van der Waals surface area contributed by atoms with Crippen molar-refractivity contribution in [2.24, 2.45) is 0 Å². The van der Waals surface area contributed by atoms with Crippen LogP contribution in [0.25, 0.3) is 0 Å². The highest BCUT2D eigenvalue weighted by molar-refractivity contribution is 4.85. The molecule has 0 aromatic carbocycles. The van der Waals surface area contributed by atoms with Gasteiger partial charge in [-0.05, 0) is 6.08 Å². The predicted molar refractivity (Wildman–Crippen MR) is 39.9 cm³/mol. The second-order valence-corrected chi connectivity index (χ2v) is 3.01. The van der Waals surface area contributed by atoms with Gasteiger partial charge in [0.05, 0.1) is 26.7 Å². The van der Waals surface area contributed by atoms with Gasteiger partial charge in [-0.3, -0.25) is 0 Å². The van der Waals surface area contributed by atoms with Gasteiger partial charge in [-0.2, -0.15) is 0 Å². The molecule has 51 valence electrons. The Balaban J connectivity index is 2.50. The summed E-state index contributed by atoms with van der Waals surface area (Å²) in [6, 6.07) is 0. The van der Waals surface area contributed by atoms with Gasteiger partial charge in [0.1, 0.15) is 0 Å².